The lowest BCUT2D eigenvalue weighted by atomic mass is 9.82. The summed E-state index contributed by atoms with van der Waals surface area (Å²) in [5.74, 6) is -3.69. The second kappa shape index (κ2) is 8.84. The third-order valence-corrected chi connectivity index (χ3v) is 5.74. The van der Waals surface area contributed by atoms with Gasteiger partial charge in [0.05, 0.1) is 30.8 Å². The Bertz CT molecular complexity index is 953. The number of benzene rings is 1. The standard InChI is InChI=1S/C22H25F3N2O4/c1-11-12(2)31-20(17(11)14-6-7-15(24)18(25)19(14)30-4)21(28)27-13-5-8-16(26-9-13)22(3,29)10-23/h5-9,11-12,17,20,29H,10H2,1-4H3,(H,27,28)/t11-,12-,17+,20-,22?/m1/s1. The number of anilines is 1. The number of hydrogen-bond acceptors (Lipinski definition) is 5. The second-order valence-electron chi connectivity index (χ2n) is 7.96. The van der Waals surface area contributed by atoms with Crippen molar-refractivity contribution in [2.24, 2.45) is 5.92 Å². The molecule has 9 heteroatoms. The number of hydrogen-bond donors (Lipinski definition) is 2. The number of ether oxygens (including phenoxy) is 2. The Labute approximate surface area is 178 Å². The van der Waals surface area contributed by atoms with Gasteiger partial charge in [-0.1, -0.05) is 13.0 Å². The third-order valence-electron chi connectivity index (χ3n) is 5.74. The van der Waals surface area contributed by atoms with E-state index in [9.17, 15) is 23.1 Å². The van der Waals surface area contributed by atoms with Crippen molar-refractivity contribution >= 4 is 11.6 Å². The van der Waals surface area contributed by atoms with Crippen LogP contribution >= 0.6 is 0 Å². The Morgan fingerprint density at radius 1 is 1.29 bits per heavy atom. The van der Waals surface area contributed by atoms with Crippen LogP contribution in [0.15, 0.2) is 30.5 Å². The summed E-state index contributed by atoms with van der Waals surface area (Å²) >= 11 is 0. The van der Waals surface area contributed by atoms with E-state index < -0.39 is 41.8 Å². The number of carbonyl (C=O) groups is 1. The van der Waals surface area contributed by atoms with Gasteiger partial charge in [-0.15, -0.1) is 0 Å². The molecule has 1 fully saturated rings. The summed E-state index contributed by atoms with van der Waals surface area (Å²) in [4.78, 5) is 17.0. The van der Waals surface area contributed by atoms with Gasteiger partial charge in [-0.2, -0.15) is 4.39 Å². The van der Waals surface area contributed by atoms with Crippen LogP contribution in [0.1, 0.15) is 37.9 Å². The van der Waals surface area contributed by atoms with Crippen molar-refractivity contribution in [3.05, 3.63) is 53.4 Å². The number of nitrogens with one attached hydrogen (secondary N) is 1. The maximum absolute atomic E-state index is 14.3. The highest BCUT2D eigenvalue weighted by atomic mass is 19.2. The monoisotopic (exact) mass is 438 g/mol. The molecule has 1 aromatic heterocycles. The number of rotatable bonds is 6. The maximum atomic E-state index is 14.3. The van der Waals surface area contributed by atoms with E-state index in [1.165, 1.54) is 38.4 Å². The fraction of sp³-hybridized carbons (Fsp3) is 0.455. The molecule has 2 N–H and O–H groups in total. The van der Waals surface area contributed by atoms with Gasteiger partial charge in [-0.25, -0.2) is 8.78 Å². The van der Waals surface area contributed by atoms with Gasteiger partial charge in [0.2, 0.25) is 5.82 Å². The van der Waals surface area contributed by atoms with Gasteiger partial charge in [0.15, 0.2) is 11.6 Å². The van der Waals surface area contributed by atoms with Crippen molar-refractivity contribution in [2.75, 3.05) is 19.1 Å². The predicted molar refractivity (Wildman–Crippen MR) is 108 cm³/mol. The number of nitrogens with zero attached hydrogens (tertiary/aromatic N) is 1. The number of aromatic nitrogens is 1. The average molecular weight is 438 g/mol. The molecule has 6 nitrogen and oxygen atoms in total. The first-order valence-electron chi connectivity index (χ1n) is 9.83. The fourth-order valence-electron chi connectivity index (χ4n) is 3.76. The molecule has 5 atom stereocenters. The summed E-state index contributed by atoms with van der Waals surface area (Å²) in [5, 5.41) is 12.6. The third kappa shape index (κ3) is 4.38. The first kappa shape index (κ1) is 23.0. The van der Waals surface area contributed by atoms with E-state index >= 15 is 0 Å². The molecule has 1 amide bonds. The number of methoxy groups -OCH3 is 1. The first-order chi connectivity index (χ1) is 14.6. The molecule has 0 spiro atoms. The van der Waals surface area contributed by atoms with Crippen LogP contribution in [0.5, 0.6) is 5.75 Å². The molecule has 3 rings (SSSR count). The van der Waals surface area contributed by atoms with E-state index in [-0.39, 0.29) is 23.5 Å². The normalized spacial score (nSPS) is 25.2. The molecule has 1 aliphatic rings. The topological polar surface area (TPSA) is 80.7 Å². The SMILES string of the molecule is COc1c([C@@H]2[C@H](C)[C@@H](C)O[C@H]2C(=O)Nc2ccc(C(C)(O)CF)nc2)ccc(F)c1F. The zero-order valence-electron chi connectivity index (χ0n) is 17.7. The van der Waals surface area contributed by atoms with Gasteiger partial charge >= 0.3 is 0 Å². The lowest BCUT2D eigenvalue weighted by molar-refractivity contribution is -0.127. The van der Waals surface area contributed by atoms with E-state index in [0.717, 1.165) is 6.07 Å². The van der Waals surface area contributed by atoms with Crippen LogP contribution in [-0.2, 0) is 15.1 Å². The number of carbonyl (C=O) groups excluding carboxylic acids is 1. The van der Waals surface area contributed by atoms with Gasteiger partial charge in [0.25, 0.3) is 5.91 Å². The number of halogens is 3. The molecule has 0 aliphatic carbocycles. The molecular formula is C22H25F3N2O4. The Kier molecular flexibility index (Phi) is 6.56. The number of alkyl halides is 1. The molecule has 2 aromatic rings. The van der Waals surface area contributed by atoms with Crippen LogP contribution in [0.25, 0.3) is 0 Å². The average Bonchev–Trinajstić information content (AvgIpc) is 3.05. The van der Waals surface area contributed by atoms with Gasteiger partial charge in [0.1, 0.15) is 18.4 Å². The van der Waals surface area contributed by atoms with Crippen LogP contribution < -0.4 is 10.1 Å². The van der Waals surface area contributed by atoms with Gasteiger partial charge in [0, 0.05) is 11.5 Å². The zero-order chi connectivity index (χ0) is 22.9. The highest BCUT2D eigenvalue weighted by Crippen LogP contribution is 2.44. The summed E-state index contributed by atoms with van der Waals surface area (Å²) in [5.41, 5.74) is -0.950. The minimum Gasteiger partial charge on any atom is -0.493 e. The molecule has 0 bridgehead atoms. The van der Waals surface area contributed by atoms with Crippen LogP contribution in [-0.4, -0.2) is 42.0 Å². The molecule has 1 aliphatic heterocycles. The van der Waals surface area contributed by atoms with Crippen molar-refractivity contribution in [3.8, 4) is 5.75 Å². The van der Waals surface area contributed by atoms with Crippen molar-refractivity contribution in [3.63, 3.8) is 0 Å². The Hall–Kier alpha value is -2.65. The summed E-state index contributed by atoms with van der Waals surface area (Å²) < 4.78 is 51.8. The molecule has 1 saturated heterocycles. The summed E-state index contributed by atoms with van der Waals surface area (Å²) in [7, 11) is 1.24. The van der Waals surface area contributed by atoms with Crippen molar-refractivity contribution in [1.82, 2.24) is 4.98 Å². The van der Waals surface area contributed by atoms with Crippen molar-refractivity contribution in [1.29, 1.82) is 0 Å². The van der Waals surface area contributed by atoms with Crippen LogP contribution in [0.3, 0.4) is 0 Å². The number of aliphatic hydroxyl groups is 1. The highest BCUT2D eigenvalue weighted by molar-refractivity contribution is 5.95. The molecule has 31 heavy (non-hydrogen) atoms. The van der Waals surface area contributed by atoms with E-state index in [4.69, 9.17) is 9.47 Å². The molecule has 1 aromatic carbocycles. The zero-order valence-corrected chi connectivity index (χ0v) is 17.7. The van der Waals surface area contributed by atoms with E-state index in [2.05, 4.69) is 10.3 Å². The molecule has 2 heterocycles. The second-order valence-corrected chi connectivity index (χ2v) is 7.96. The van der Waals surface area contributed by atoms with E-state index in [1.807, 2.05) is 6.92 Å². The quantitative estimate of drug-likeness (QED) is 0.719. The van der Waals surface area contributed by atoms with E-state index in [1.54, 1.807) is 6.92 Å². The minimum atomic E-state index is -1.73. The fourth-order valence-corrected chi connectivity index (χ4v) is 3.76. The molecule has 0 saturated carbocycles. The molecule has 0 radical (unpaired) electrons. The Morgan fingerprint density at radius 2 is 2.00 bits per heavy atom. The highest BCUT2D eigenvalue weighted by Gasteiger charge is 2.46. The summed E-state index contributed by atoms with van der Waals surface area (Å²) in [6.07, 6.45) is -0.0112. The Morgan fingerprint density at radius 3 is 2.58 bits per heavy atom. The summed E-state index contributed by atoms with van der Waals surface area (Å²) in [6.45, 7) is 3.95. The van der Waals surface area contributed by atoms with Gasteiger partial charge < -0.3 is 19.9 Å². The lowest BCUT2D eigenvalue weighted by Crippen LogP contribution is -2.33. The minimum absolute atomic E-state index is 0.122. The number of amides is 1. The lowest BCUT2D eigenvalue weighted by Gasteiger charge is -2.23. The van der Waals surface area contributed by atoms with E-state index in [0.29, 0.717) is 11.3 Å². The van der Waals surface area contributed by atoms with Crippen LogP contribution in [0, 0.1) is 17.6 Å². The smallest absolute Gasteiger partial charge is 0.254 e. The molecule has 168 valence electrons. The molecular weight excluding hydrogens is 413 g/mol. The molecule has 1 unspecified atom stereocenters. The summed E-state index contributed by atoms with van der Waals surface area (Å²) in [6, 6.07) is 5.29. The largest absolute Gasteiger partial charge is 0.493 e. The van der Waals surface area contributed by atoms with Gasteiger partial charge in [-0.05, 0) is 38.0 Å². The van der Waals surface area contributed by atoms with Gasteiger partial charge in [-0.3, -0.25) is 9.78 Å². The van der Waals surface area contributed by atoms with Crippen LogP contribution in [0.4, 0.5) is 18.9 Å². The van der Waals surface area contributed by atoms with Crippen molar-refractivity contribution in [2.45, 2.75) is 44.5 Å². The maximum Gasteiger partial charge on any atom is 0.254 e. The Balaban J connectivity index is 1.87. The van der Waals surface area contributed by atoms with Crippen molar-refractivity contribution < 1.29 is 32.5 Å². The predicted octanol–water partition coefficient (Wildman–Crippen LogP) is 3.69. The first-order valence-corrected chi connectivity index (χ1v) is 9.83. The number of pyridine rings is 1. The van der Waals surface area contributed by atoms with Crippen LogP contribution in [0.2, 0.25) is 0 Å².